The van der Waals surface area contributed by atoms with Gasteiger partial charge in [0.1, 0.15) is 5.82 Å². The van der Waals surface area contributed by atoms with Gasteiger partial charge in [-0.15, -0.1) is 0 Å². The molecule has 2 atom stereocenters. The van der Waals surface area contributed by atoms with E-state index >= 15 is 0 Å². The standard InChI is InChI=1S/C14H21N5O2/c1-14(10-21-9-11(14)15)13(20)19-6-4-18(5-7-19)12-8-16-2-3-17-12/h2-3,8,11H,4-7,9-10,15H2,1H3. The van der Waals surface area contributed by atoms with Gasteiger partial charge >= 0.3 is 0 Å². The maximum Gasteiger partial charge on any atom is 0.232 e. The molecule has 1 aromatic rings. The zero-order valence-corrected chi connectivity index (χ0v) is 12.2. The zero-order chi connectivity index (χ0) is 14.9. The molecule has 1 aromatic heterocycles. The van der Waals surface area contributed by atoms with Crippen molar-refractivity contribution in [1.82, 2.24) is 14.9 Å². The van der Waals surface area contributed by atoms with Crippen LogP contribution < -0.4 is 10.6 Å². The molecule has 0 saturated carbocycles. The van der Waals surface area contributed by atoms with Crippen molar-refractivity contribution in [3.8, 4) is 0 Å². The summed E-state index contributed by atoms with van der Waals surface area (Å²) in [4.78, 5) is 25.1. The normalized spacial score (nSPS) is 29.7. The van der Waals surface area contributed by atoms with Gasteiger partial charge in [-0.1, -0.05) is 0 Å². The van der Waals surface area contributed by atoms with E-state index in [0.717, 1.165) is 18.9 Å². The van der Waals surface area contributed by atoms with Crippen LogP contribution >= 0.6 is 0 Å². The number of anilines is 1. The molecule has 2 N–H and O–H groups in total. The minimum atomic E-state index is -0.589. The van der Waals surface area contributed by atoms with E-state index in [2.05, 4.69) is 14.9 Å². The lowest BCUT2D eigenvalue weighted by Gasteiger charge is -2.39. The van der Waals surface area contributed by atoms with Gasteiger partial charge in [-0.3, -0.25) is 9.78 Å². The second kappa shape index (κ2) is 5.57. The molecule has 21 heavy (non-hydrogen) atoms. The number of carbonyl (C=O) groups is 1. The Morgan fingerprint density at radius 3 is 2.71 bits per heavy atom. The summed E-state index contributed by atoms with van der Waals surface area (Å²) in [5.74, 6) is 0.961. The van der Waals surface area contributed by atoms with E-state index in [1.807, 2.05) is 11.8 Å². The van der Waals surface area contributed by atoms with Gasteiger partial charge in [0.2, 0.25) is 5.91 Å². The third kappa shape index (κ3) is 2.58. The van der Waals surface area contributed by atoms with Crippen LogP contribution in [-0.2, 0) is 9.53 Å². The molecular weight excluding hydrogens is 270 g/mol. The molecule has 0 bridgehead atoms. The van der Waals surface area contributed by atoms with E-state index < -0.39 is 5.41 Å². The summed E-state index contributed by atoms with van der Waals surface area (Å²) < 4.78 is 5.37. The van der Waals surface area contributed by atoms with Crippen molar-refractivity contribution in [2.45, 2.75) is 13.0 Å². The third-order valence-electron chi connectivity index (χ3n) is 4.45. The first-order valence-corrected chi connectivity index (χ1v) is 7.25. The molecule has 0 spiro atoms. The fraction of sp³-hybridized carbons (Fsp3) is 0.643. The van der Waals surface area contributed by atoms with Crippen molar-refractivity contribution in [3.05, 3.63) is 18.6 Å². The molecule has 2 aliphatic heterocycles. The zero-order valence-electron chi connectivity index (χ0n) is 12.2. The first-order valence-electron chi connectivity index (χ1n) is 7.25. The molecule has 3 heterocycles. The lowest BCUT2D eigenvalue weighted by atomic mass is 9.84. The summed E-state index contributed by atoms with van der Waals surface area (Å²) in [5, 5.41) is 0. The molecule has 7 heteroatoms. The van der Waals surface area contributed by atoms with Gasteiger partial charge in [-0.05, 0) is 6.92 Å². The van der Waals surface area contributed by atoms with E-state index in [0.29, 0.717) is 26.3 Å². The lowest BCUT2D eigenvalue weighted by Crippen LogP contribution is -2.56. The highest BCUT2D eigenvalue weighted by Gasteiger charge is 2.46. The highest BCUT2D eigenvalue weighted by atomic mass is 16.5. The first kappa shape index (κ1) is 14.2. The smallest absolute Gasteiger partial charge is 0.232 e. The van der Waals surface area contributed by atoms with Gasteiger partial charge in [0.25, 0.3) is 0 Å². The summed E-state index contributed by atoms with van der Waals surface area (Å²) in [6, 6.07) is -0.219. The van der Waals surface area contributed by atoms with Crippen molar-refractivity contribution >= 4 is 11.7 Å². The van der Waals surface area contributed by atoms with Gasteiger partial charge in [0.05, 0.1) is 24.8 Å². The fourth-order valence-electron chi connectivity index (χ4n) is 2.86. The number of nitrogens with zero attached hydrogens (tertiary/aromatic N) is 4. The average molecular weight is 291 g/mol. The second-order valence-corrected chi connectivity index (χ2v) is 5.88. The van der Waals surface area contributed by atoms with Crippen LogP contribution in [0.2, 0.25) is 0 Å². The van der Waals surface area contributed by atoms with E-state index in [9.17, 15) is 4.79 Å². The quantitative estimate of drug-likeness (QED) is 0.790. The summed E-state index contributed by atoms with van der Waals surface area (Å²) in [6.45, 7) is 5.66. The highest BCUT2D eigenvalue weighted by molar-refractivity contribution is 5.84. The number of carbonyl (C=O) groups excluding carboxylic acids is 1. The molecule has 2 aliphatic rings. The Morgan fingerprint density at radius 1 is 1.38 bits per heavy atom. The largest absolute Gasteiger partial charge is 0.379 e. The number of amides is 1. The molecular formula is C14H21N5O2. The van der Waals surface area contributed by atoms with Crippen LogP contribution in [0.4, 0.5) is 5.82 Å². The number of ether oxygens (including phenoxy) is 1. The van der Waals surface area contributed by atoms with Crippen LogP contribution in [0.15, 0.2) is 18.6 Å². The second-order valence-electron chi connectivity index (χ2n) is 5.88. The Morgan fingerprint density at radius 2 is 2.14 bits per heavy atom. The van der Waals surface area contributed by atoms with Crippen LogP contribution in [0.5, 0.6) is 0 Å². The highest BCUT2D eigenvalue weighted by Crippen LogP contribution is 2.30. The number of hydrogen-bond acceptors (Lipinski definition) is 6. The van der Waals surface area contributed by atoms with E-state index in [4.69, 9.17) is 10.5 Å². The minimum absolute atomic E-state index is 0.103. The molecule has 0 aliphatic carbocycles. The molecule has 3 rings (SSSR count). The molecule has 0 aromatic carbocycles. The Hall–Kier alpha value is -1.73. The Bertz CT molecular complexity index is 503. The van der Waals surface area contributed by atoms with Crippen molar-refractivity contribution in [2.24, 2.45) is 11.1 Å². The summed E-state index contributed by atoms with van der Waals surface area (Å²) in [7, 11) is 0. The minimum Gasteiger partial charge on any atom is -0.379 e. The predicted octanol–water partition coefficient (Wildman–Crippen LogP) is -0.511. The maximum atomic E-state index is 12.7. The average Bonchev–Trinajstić information content (AvgIpc) is 2.88. The monoisotopic (exact) mass is 291 g/mol. The number of piperazine rings is 1. The van der Waals surface area contributed by atoms with Crippen LogP contribution in [0.25, 0.3) is 0 Å². The Labute approximate surface area is 124 Å². The van der Waals surface area contributed by atoms with Crippen molar-refractivity contribution in [1.29, 1.82) is 0 Å². The van der Waals surface area contributed by atoms with Gasteiger partial charge in [0.15, 0.2) is 0 Å². The van der Waals surface area contributed by atoms with E-state index in [1.54, 1.807) is 18.6 Å². The lowest BCUT2D eigenvalue weighted by molar-refractivity contribution is -0.142. The van der Waals surface area contributed by atoms with Crippen LogP contribution in [0, 0.1) is 5.41 Å². The topological polar surface area (TPSA) is 84.6 Å². The van der Waals surface area contributed by atoms with Crippen molar-refractivity contribution in [3.63, 3.8) is 0 Å². The van der Waals surface area contributed by atoms with Crippen molar-refractivity contribution < 1.29 is 9.53 Å². The van der Waals surface area contributed by atoms with E-state index in [-0.39, 0.29) is 11.9 Å². The van der Waals surface area contributed by atoms with Crippen molar-refractivity contribution in [2.75, 3.05) is 44.3 Å². The molecule has 114 valence electrons. The molecule has 2 saturated heterocycles. The van der Waals surface area contributed by atoms with Crippen LogP contribution in [-0.4, -0.2) is 66.2 Å². The molecule has 7 nitrogen and oxygen atoms in total. The predicted molar refractivity (Wildman–Crippen MR) is 77.7 cm³/mol. The number of hydrogen-bond donors (Lipinski definition) is 1. The van der Waals surface area contributed by atoms with Gasteiger partial charge in [0, 0.05) is 44.6 Å². The molecule has 1 amide bonds. The maximum absolute atomic E-state index is 12.7. The Kier molecular flexibility index (Phi) is 3.77. The number of rotatable bonds is 2. The number of aromatic nitrogens is 2. The summed E-state index contributed by atoms with van der Waals surface area (Å²) >= 11 is 0. The Balaban J connectivity index is 1.62. The van der Waals surface area contributed by atoms with Gasteiger partial charge in [-0.2, -0.15) is 0 Å². The van der Waals surface area contributed by atoms with Gasteiger partial charge in [-0.25, -0.2) is 4.98 Å². The summed E-state index contributed by atoms with van der Waals surface area (Å²) in [5.41, 5.74) is 5.45. The first-order chi connectivity index (χ1) is 10.1. The van der Waals surface area contributed by atoms with Gasteiger partial charge < -0.3 is 20.3 Å². The molecule has 2 unspecified atom stereocenters. The third-order valence-corrected chi connectivity index (χ3v) is 4.45. The van der Waals surface area contributed by atoms with E-state index in [1.165, 1.54) is 0 Å². The van der Waals surface area contributed by atoms with Crippen LogP contribution in [0.1, 0.15) is 6.92 Å². The SMILES string of the molecule is CC1(C(=O)N2CCN(c3cnccn3)CC2)COCC1N. The summed E-state index contributed by atoms with van der Waals surface area (Å²) in [6.07, 6.45) is 5.09. The van der Waals surface area contributed by atoms with Crippen LogP contribution in [0.3, 0.4) is 0 Å². The molecule has 0 radical (unpaired) electrons. The number of nitrogens with two attached hydrogens (primary N) is 1. The molecule has 2 fully saturated rings. The fourth-order valence-corrected chi connectivity index (χ4v) is 2.86.